The van der Waals surface area contributed by atoms with Gasteiger partial charge in [0.1, 0.15) is 23.7 Å². The number of hydrogen-bond donors (Lipinski definition) is 4. The maximum Gasteiger partial charge on any atom is 0.255 e. The third kappa shape index (κ3) is 4.84. The molecule has 1 fully saturated rings. The lowest BCUT2D eigenvalue weighted by atomic mass is 10.0. The highest BCUT2D eigenvalue weighted by Gasteiger charge is 2.29. The summed E-state index contributed by atoms with van der Waals surface area (Å²) in [5, 5.41) is 35.4. The van der Waals surface area contributed by atoms with Gasteiger partial charge in [-0.2, -0.15) is 5.26 Å². The number of carbonyl (C=O) groups excluding carboxylic acids is 1. The van der Waals surface area contributed by atoms with Crippen LogP contribution in [0, 0.1) is 11.3 Å². The van der Waals surface area contributed by atoms with Gasteiger partial charge in [0.05, 0.1) is 54.3 Å². The van der Waals surface area contributed by atoms with Gasteiger partial charge in [-0.3, -0.25) is 9.36 Å². The molecule has 3 unspecified atom stereocenters. The standard InChI is InChI=1S/C23H25FN6O4/c1-23(2,33)19(24)10-28-22(32)15-9-26-20(6-16(15)29-17-11-34-12-18(17)31)30-4-3-14-5-13(7-25)8-27-21(14)30/h3-6,8-9,17-19,31,33H,10-12H2,1-2H3,(H,26,29)(H,28,32). The summed E-state index contributed by atoms with van der Waals surface area (Å²) in [6, 6.07) is 6.73. The van der Waals surface area contributed by atoms with E-state index in [1.54, 1.807) is 29.0 Å². The molecular weight excluding hydrogens is 443 g/mol. The van der Waals surface area contributed by atoms with Gasteiger partial charge in [-0.05, 0) is 26.0 Å². The van der Waals surface area contributed by atoms with E-state index < -0.39 is 29.8 Å². The number of halogens is 1. The molecule has 1 aliphatic heterocycles. The largest absolute Gasteiger partial charge is 0.388 e. The maximum atomic E-state index is 14.1. The summed E-state index contributed by atoms with van der Waals surface area (Å²) in [5.41, 5.74) is -0.0899. The van der Waals surface area contributed by atoms with Crippen LogP contribution in [0.15, 0.2) is 36.8 Å². The number of fused-ring (bicyclic) bond motifs is 1. The number of nitrogens with zero attached hydrogens (tertiary/aromatic N) is 4. The van der Waals surface area contributed by atoms with Crippen LogP contribution in [0.1, 0.15) is 29.8 Å². The van der Waals surface area contributed by atoms with Crippen molar-refractivity contribution in [1.29, 1.82) is 5.26 Å². The lowest BCUT2D eigenvalue weighted by Crippen LogP contribution is -2.42. The number of hydrogen-bond acceptors (Lipinski definition) is 8. The third-order valence-electron chi connectivity index (χ3n) is 5.64. The Morgan fingerprint density at radius 1 is 1.38 bits per heavy atom. The van der Waals surface area contributed by atoms with Crippen molar-refractivity contribution in [3.8, 4) is 11.9 Å². The van der Waals surface area contributed by atoms with E-state index >= 15 is 0 Å². The fourth-order valence-corrected chi connectivity index (χ4v) is 3.55. The lowest BCUT2D eigenvalue weighted by Gasteiger charge is -2.23. The summed E-state index contributed by atoms with van der Waals surface area (Å²) < 4.78 is 21.1. The predicted molar refractivity (Wildman–Crippen MR) is 121 cm³/mol. The van der Waals surface area contributed by atoms with Gasteiger partial charge < -0.3 is 25.6 Å². The van der Waals surface area contributed by atoms with Gasteiger partial charge in [-0.15, -0.1) is 0 Å². The van der Waals surface area contributed by atoms with Gasteiger partial charge in [0.2, 0.25) is 0 Å². The number of nitriles is 1. The maximum absolute atomic E-state index is 14.1. The van der Waals surface area contributed by atoms with Crippen molar-refractivity contribution in [1.82, 2.24) is 19.9 Å². The number of carbonyl (C=O) groups is 1. The Morgan fingerprint density at radius 2 is 2.18 bits per heavy atom. The van der Waals surface area contributed by atoms with Gasteiger partial charge in [-0.25, -0.2) is 14.4 Å². The number of amides is 1. The normalized spacial score (nSPS) is 19.1. The van der Waals surface area contributed by atoms with E-state index in [0.29, 0.717) is 22.7 Å². The number of anilines is 1. The van der Waals surface area contributed by atoms with Crippen molar-refractivity contribution in [3.05, 3.63) is 47.9 Å². The molecule has 34 heavy (non-hydrogen) atoms. The second kappa shape index (κ2) is 9.34. The fourth-order valence-electron chi connectivity index (χ4n) is 3.55. The summed E-state index contributed by atoms with van der Waals surface area (Å²) in [4.78, 5) is 21.6. The van der Waals surface area contributed by atoms with Crippen LogP contribution in [0.4, 0.5) is 10.1 Å². The van der Waals surface area contributed by atoms with Gasteiger partial charge in [-0.1, -0.05) is 0 Å². The quantitative estimate of drug-likeness (QED) is 0.406. The van der Waals surface area contributed by atoms with Gasteiger partial charge in [0, 0.05) is 30.0 Å². The van der Waals surface area contributed by atoms with Crippen molar-refractivity contribution in [2.24, 2.45) is 0 Å². The molecule has 1 aliphatic rings. The smallest absolute Gasteiger partial charge is 0.255 e. The van der Waals surface area contributed by atoms with Crippen LogP contribution >= 0.6 is 0 Å². The average Bonchev–Trinajstić information content (AvgIpc) is 3.41. The van der Waals surface area contributed by atoms with E-state index in [-0.39, 0.29) is 25.3 Å². The molecule has 0 bridgehead atoms. The summed E-state index contributed by atoms with van der Waals surface area (Å²) in [7, 11) is 0. The van der Waals surface area contributed by atoms with E-state index in [9.17, 15) is 19.4 Å². The molecule has 0 aliphatic carbocycles. The van der Waals surface area contributed by atoms with Crippen LogP contribution in [-0.2, 0) is 4.74 Å². The summed E-state index contributed by atoms with van der Waals surface area (Å²) in [6.45, 7) is 2.68. The number of nitrogens with one attached hydrogen (secondary N) is 2. The third-order valence-corrected chi connectivity index (χ3v) is 5.64. The van der Waals surface area contributed by atoms with E-state index in [1.807, 2.05) is 0 Å². The van der Waals surface area contributed by atoms with Crippen LogP contribution in [0.3, 0.4) is 0 Å². The summed E-state index contributed by atoms with van der Waals surface area (Å²) >= 11 is 0. The number of aliphatic hydroxyl groups is 2. The zero-order valence-electron chi connectivity index (χ0n) is 18.7. The first-order chi connectivity index (χ1) is 16.2. The number of ether oxygens (including phenoxy) is 1. The molecule has 4 heterocycles. The number of rotatable bonds is 7. The lowest BCUT2D eigenvalue weighted by molar-refractivity contribution is -0.00177. The van der Waals surface area contributed by atoms with Gasteiger partial charge in [0.15, 0.2) is 0 Å². The van der Waals surface area contributed by atoms with Crippen molar-refractivity contribution in [2.45, 2.75) is 37.8 Å². The Balaban J connectivity index is 1.67. The number of alkyl halides is 1. The molecule has 0 radical (unpaired) electrons. The first-order valence-electron chi connectivity index (χ1n) is 10.7. The SMILES string of the molecule is CC(C)(O)C(F)CNC(=O)c1cnc(-n2ccc3cc(C#N)cnc32)cc1NC1COCC1O. The van der Waals surface area contributed by atoms with Crippen LogP contribution in [0.5, 0.6) is 0 Å². The Hall–Kier alpha value is -3.59. The minimum absolute atomic E-state index is 0.141. The number of aromatic nitrogens is 3. The first kappa shape index (κ1) is 23.6. The molecule has 1 saturated heterocycles. The monoisotopic (exact) mass is 468 g/mol. The Morgan fingerprint density at radius 3 is 2.85 bits per heavy atom. The molecule has 10 nitrogen and oxygen atoms in total. The topological polar surface area (TPSA) is 145 Å². The molecule has 3 aromatic rings. The second-order valence-electron chi connectivity index (χ2n) is 8.71. The fraction of sp³-hybridized carbons (Fsp3) is 0.391. The van der Waals surface area contributed by atoms with Crippen LogP contribution in [0.2, 0.25) is 0 Å². The van der Waals surface area contributed by atoms with Crippen molar-refractivity contribution >= 4 is 22.6 Å². The average molecular weight is 468 g/mol. The van der Waals surface area contributed by atoms with E-state index in [0.717, 1.165) is 5.39 Å². The summed E-state index contributed by atoms with van der Waals surface area (Å²) in [6.07, 6.45) is 2.12. The molecule has 178 valence electrons. The molecule has 11 heteroatoms. The molecule has 3 atom stereocenters. The number of pyridine rings is 2. The molecule has 0 aromatic carbocycles. The summed E-state index contributed by atoms with van der Waals surface area (Å²) in [5.74, 6) is -0.143. The highest BCUT2D eigenvalue weighted by atomic mass is 19.1. The van der Waals surface area contributed by atoms with E-state index in [2.05, 4.69) is 26.7 Å². The highest BCUT2D eigenvalue weighted by molar-refractivity contribution is 5.99. The van der Waals surface area contributed by atoms with E-state index in [4.69, 9.17) is 10.00 Å². The molecule has 3 aromatic heterocycles. The van der Waals surface area contributed by atoms with Gasteiger partial charge in [0.25, 0.3) is 5.91 Å². The first-order valence-corrected chi connectivity index (χ1v) is 10.7. The highest BCUT2D eigenvalue weighted by Crippen LogP contribution is 2.25. The number of aliphatic hydroxyl groups excluding tert-OH is 1. The van der Waals surface area contributed by atoms with Crippen molar-refractivity contribution < 1.29 is 24.1 Å². The minimum atomic E-state index is -1.67. The van der Waals surface area contributed by atoms with Crippen LogP contribution in [-0.4, -0.2) is 74.3 Å². The zero-order chi connectivity index (χ0) is 24.5. The second-order valence-corrected chi connectivity index (χ2v) is 8.71. The van der Waals surface area contributed by atoms with E-state index in [1.165, 1.54) is 26.2 Å². The molecule has 1 amide bonds. The van der Waals surface area contributed by atoms with Crippen molar-refractivity contribution in [2.75, 3.05) is 25.1 Å². The molecule has 0 spiro atoms. The van der Waals surface area contributed by atoms with Crippen molar-refractivity contribution in [3.63, 3.8) is 0 Å². The van der Waals surface area contributed by atoms with Gasteiger partial charge >= 0.3 is 0 Å². The van der Waals surface area contributed by atoms with Crippen LogP contribution in [0.25, 0.3) is 16.9 Å². The Kier molecular flexibility index (Phi) is 6.47. The predicted octanol–water partition coefficient (Wildman–Crippen LogP) is 1.30. The Bertz CT molecular complexity index is 1250. The zero-order valence-corrected chi connectivity index (χ0v) is 18.7. The minimum Gasteiger partial charge on any atom is -0.388 e. The Labute approximate surface area is 195 Å². The molecule has 4 N–H and O–H groups in total. The molecule has 4 rings (SSSR count). The molecular formula is C23H25FN6O4. The van der Waals surface area contributed by atoms with Crippen LogP contribution < -0.4 is 10.6 Å². The molecule has 0 saturated carbocycles.